The molecule has 1 saturated carbocycles. The molecular formula is C12H13ClN2O5S. The lowest BCUT2D eigenvalue weighted by Crippen LogP contribution is -2.37. The van der Waals surface area contributed by atoms with Gasteiger partial charge in [0.05, 0.1) is 9.95 Å². The van der Waals surface area contributed by atoms with Crippen molar-refractivity contribution in [2.24, 2.45) is 0 Å². The number of benzene rings is 1. The standard InChI is InChI=1S/C12H13ClN2O5S/c13-11-7-9(15(17)18)3-6-12(11)21(19,20)14-8-1-4-10(16)5-2-8/h3,6-8,14H,1-2,4-5H2. The molecule has 1 fully saturated rings. The van der Waals surface area contributed by atoms with Gasteiger partial charge in [-0.05, 0) is 18.9 Å². The van der Waals surface area contributed by atoms with Crippen molar-refractivity contribution in [3.8, 4) is 0 Å². The van der Waals surface area contributed by atoms with E-state index in [2.05, 4.69) is 4.72 Å². The van der Waals surface area contributed by atoms with Gasteiger partial charge in [-0.1, -0.05) is 11.6 Å². The molecule has 2 rings (SSSR count). The average Bonchev–Trinajstić information content (AvgIpc) is 2.40. The van der Waals surface area contributed by atoms with Gasteiger partial charge in [-0.2, -0.15) is 0 Å². The van der Waals surface area contributed by atoms with Crippen molar-refractivity contribution >= 4 is 33.1 Å². The zero-order valence-corrected chi connectivity index (χ0v) is 12.5. The first-order valence-corrected chi connectivity index (χ1v) is 8.13. The number of nitrogens with one attached hydrogen (secondary N) is 1. The zero-order chi connectivity index (χ0) is 15.6. The number of nitro groups is 1. The van der Waals surface area contributed by atoms with Crippen LogP contribution in [0.25, 0.3) is 0 Å². The number of hydrogen-bond donors (Lipinski definition) is 1. The molecule has 1 aliphatic rings. The number of hydrogen-bond acceptors (Lipinski definition) is 5. The minimum absolute atomic E-state index is 0.124. The molecule has 0 aliphatic heterocycles. The fourth-order valence-corrected chi connectivity index (χ4v) is 4.01. The van der Waals surface area contributed by atoms with Gasteiger partial charge in [0.2, 0.25) is 10.0 Å². The number of nitro benzene ring substituents is 1. The van der Waals surface area contributed by atoms with E-state index in [1.54, 1.807) is 0 Å². The lowest BCUT2D eigenvalue weighted by Gasteiger charge is -2.22. The van der Waals surface area contributed by atoms with Gasteiger partial charge in [-0.25, -0.2) is 13.1 Å². The fraction of sp³-hybridized carbons (Fsp3) is 0.417. The molecule has 1 aromatic rings. The van der Waals surface area contributed by atoms with Gasteiger partial charge >= 0.3 is 0 Å². The number of carbonyl (C=O) groups excluding carboxylic acids is 1. The zero-order valence-electron chi connectivity index (χ0n) is 10.9. The van der Waals surface area contributed by atoms with Crippen LogP contribution >= 0.6 is 11.6 Å². The smallest absolute Gasteiger partial charge is 0.271 e. The summed E-state index contributed by atoms with van der Waals surface area (Å²) in [5.74, 6) is 0.124. The molecule has 1 aromatic carbocycles. The molecule has 1 aliphatic carbocycles. The van der Waals surface area contributed by atoms with Crippen LogP contribution in [0.2, 0.25) is 5.02 Å². The van der Waals surface area contributed by atoms with Crippen LogP contribution in [0.4, 0.5) is 5.69 Å². The molecule has 21 heavy (non-hydrogen) atoms. The van der Waals surface area contributed by atoms with E-state index in [1.807, 2.05) is 0 Å². The largest absolute Gasteiger partial charge is 0.300 e. The summed E-state index contributed by atoms with van der Waals surface area (Å²) in [5.41, 5.74) is -0.276. The maximum absolute atomic E-state index is 12.2. The number of nitrogens with zero attached hydrogens (tertiary/aromatic N) is 1. The second-order valence-electron chi connectivity index (χ2n) is 4.81. The van der Waals surface area contributed by atoms with Crippen LogP contribution in [0, 0.1) is 10.1 Å². The Balaban J connectivity index is 2.19. The van der Waals surface area contributed by atoms with Crippen molar-refractivity contribution in [2.45, 2.75) is 36.6 Å². The van der Waals surface area contributed by atoms with Crippen LogP contribution in [0.1, 0.15) is 25.7 Å². The Labute approximate surface area is 126 Å². The summed E-state index contributed by atoms with van der Waals surface area (Å²) < 4.78 is 27.0. The van der Waals surface area contributed by atoms with Crippen molar-refractivity contribution in [2.75, 3.05) is 0 Å². The lowest BCUT2D eigenvalue weighted by atomic mass is 9.95. The fourth-order valence-electron chi connectivity index (χ4n) is 2.16. The van der Waals surface area contributed by atoms with Gasteiger partial charge in [0.25, 0.3) is 5.69 Å². The Kier molecular flexibility index (Phi) is 4.60. The highest BCUT2D eigenvalue weighted by atomic mass is 35.5. The molecule has 0 aromatic heterocycles. The molecule has 0 atom stereocenters. The van der Waals surface area contributed by atoms with Crippen LogP contribution in [0.15, 0.2) is 23.1 Å². The summed E-state index contributed by atoms with van der Waals surface area (Å²) in [6.07, 6.45) is 1.59. The second-order valence-corrected chi connectivity index (χ2v) is 6.90. The molecule has 7 nitrogen and oxygen atoms in total. The minimum atomic E-state index is -3.87. The van der Waals surface area contributed by atoms with Crippen molar-refractivity contribution in [3.63, 3.8) is 0 Å². The highest BCUT2D eigenvalue weighted by Gasteiger charge is 2.26. The number of ketones is 1. The van der Waals surface area contributed by atoms with Crippen LogP contribution in [0.3, 0.4) is 0 Å². The average molecular weight is 333 g/mol. The van der Waals surface area contributed by atoms with Gasteiger partial charge in [0, 0.05) is 31.0 Å². The number of Topliss-reactive ketones (excluding diaryl/α,β-unsaturated/α-hetero) is 1. The molecule has 0 spiro atoms. The molecule has 9 heteroatoms. The predicted octanol–water partition coefficient (Wildman–Crippen LogP) is 2.04. The first kappa shape index (κ1) is 15.9. The van der Waals surface area contributed by atoms with Gasteiger partial charge in [-0.3, -0.25) is 14.9 Å². The monoisotopic (exact) mass is 332 g/mol. The number of sulfonamides is 1. The molecule has 0 saturated heterocycles. The third-order valence-electron chi connectivity index (χ3n) is 3.28. The van der Waals surface area contributed by atoms with Gasteiger partial charge in [0.1, 0.15) is 10.7 Å². The molecule has 0 amide bonds. The first-order valence-electron chi connectivity index (χ1n) is 6.27. The van der Waals surface area contributed by atoms with Crippen molar-refractivity contribution < 1.29 is 18.1 Å². The summed E-state index contributed by atoms with van der Waals surface area (Å²) in [7, 11) is -3.87. The Bertz CT molecular complexity index is 679. The minimum Gasteiger partial charge on any atom is -0.300 e. The van der Waals surface area contributed by atoms with Crippen LogP contribution < -0.4 is 4.72 Å². The van der Waals surface area contributed by atoms with Gasteiger partial charge in [-0.15, -0.1) is 0 Å². The quantitative estimate of drug-likeness (QED) is 0.670. The van der Waals surface area contributed by atoms with E-state index < -0.39 is 14.9 Å². The van der Waals surface area contributed by atoms with Crippen LogP contribution in [-0.4, -0.2) is 25.2 Å². The van der Waals surface area contributed by atoms with Gasteiger partial charge in [0.15, 0.2) is 0 Å². The predicted molar refractivity (Wildman–Crippen MR) is 75.7 cm³/mol. The molecule has 114 valence electrons. The molecule has 0 bridgehead atoms. The highest BCUT2D eigenvalue weighted by molar-refractivity contribution is 7.89. The van der Waals surface area contributed by atoms with E-state index in [0.717, 1.165) is 18.2 Å². The third kappa shape index (κ3) is 3.78. The summed E-state index contributed by atoms with van der Waals surface area (Å²) in [6, 6.07) is 2.88. The number of non-ortho nitro benzene ring substituents is 1. The van der Waals surface area contributed by atoms with Crippen molar-refractivity contribution in [3.05, 3.63) is 33.3 Å². The van der Waals surface area contributed by atoms with E-state index in [9.17, 15) is 23.3 Å². The number of halogens is 1. The van der Waals surface area contributed by atoms with E-state index >= 15 is 0 Å². The van der Waals surface area contributed by atoms with Crippen LogP contribution in [-0.2, 0) is 14.8 Å². The Morgan fingerprint density at radius 1 is 1.29 bits per heavy atom. The SMILES string of the molecule is O=C1CCC(NS(=O)(=O)c2ccc([N+](=O)[O-])cc2Cl)CC1. The number of carbonyl (C=O) groups is 1. The Hall–Kier alpha value is -1.51. The lowest BCUT2D eigenvalue weighted by molar-refractivity contribution is -0.384. The maximum atomic E-state index is 12.2. The topological polar surface area (TPSA) is 106 Å². The van der Waals surface area contributed by atoms with Crippen LogP contribution in [0.5, 0.6) is 0 Å². The summed E-state index contributed by atoms with van der Waals surface area (Å²) in [4.78, 5) is 20.9. The first-order chi connectivity index (χ1) is 9.79. The molecular weight excluding hydrogens is 320 g/mol. The van der Waals surface area contributed by atoms with Gasteiger partial charge < -0.3 is 0 Å². The maximum Gasteiger partial charge on any atom is 0.271 e. The molecule has 1 N–H and O–H groups in total. The molecule has 0 unspecified atom stereocenters. The summed E-state index contributed by atoms with van der Waals surface area (Å²) >= 11 is 5.82. The summed E-state index contributed by atoms with van der Waals surface area (Å²) in [6.45, 7) is 0. The second kappa shape index (κ2) is 6.08. The molecule has 0 radical (unpaired) electrons. The van der Waals surface area contributed by atoms with E-state index in [1.165, 1.54) is 0 Å². The Morgan fingerprint density at radius 2 is 1.90 bits per heavy atom. The normalized spacial score (nSPS) is 16.9. The highest BCUT2D eigenvalue weighted by Crippen LogP contribution is 2.27. The summed E-state index contributed by atoms with van der Waals surface area (Å²) in [5, 5.41) is 10.4. The van der Waals surface area contributed by atoms with E-state index in [4.69, 9.17) is 11.6 Å². The Morgan fingerprint density at radius 3 is 2.43 bits per heavy atom. The van der Waals surface area contributed by atoms with E-state index in [-0.39, 0.29) is 27.4 Å². The van der Waals surface area contributed by atoms with E-state index in [0.29, 0.717) is 25.7 Å². The number of rotatable bonds is 4. The molecule has 0 heterocycles. The van der Waals surface area contributed by atoms with Crippen molar-refractivity contribution in [1.29, 1.82) is 0 Å². The third-order valence-corrected chi connectivity index (χ3v) is 5.28. The van der Waals surface area contributed by atoms with Crippen molar-refractivity contribution in [1.82, 2.24) is 4.72 Å².